The number of aromatic nitrogens is 1. The highest BCUT2D eigenvalue weighted by Crippen LogP contribution is 2.33. The van der Waals surface area contributed by atoms with E-state index in [4.69, 9.17) is 0 Å². The van der Waals surface area contributed by atoms with Crippen LogP contribution >= 0.6 is 0 Å². The molecular weight excluding hydrogens is 405 g/mol. The second kappa shape index (κ2) is 8.07. The van der Waals surface area contributed by atoms with Crippen LogP contribution in [0.3, 0.4) is 0 Å². The van der Waals surface area contributed by atoms with Crippen LogP contribution in [0.2, 0.25) is 0 Å². The number of halogens is 1. The molecule has 1 atom stereocenters. The van der Waals surface area contributed by atoms with Crippen molar-refractivity contribution in [1.82, 2.24) is 14.2 Å². The van der Waals surface area contributed by atoms with Gasteiger partial charge in [0, 0.05) is 31.2 Å². The van der Waals surface area contributed by atoms with Crippen LogP contribution in [0.5, 0.6) is 0 Å². The smallest absolute Gasteiger partial charge is 0.245 e. The number of sulfonamides is 1. The molecule has 30 heavy (non-hydrogen) atoms. The zero-order valence-electron chi connectivity index (χ0n) is 17.2. The Kier molecular flexibility index (Phi) is 5.63. The molecule has 0 bridgehead atoms. The summed E-state index contributed by atoms with van der Waals surface area (Å²) >= 11 is 0. The van der Waals surface area contributed by atoms with Crippen molar-refractivity contribution < 1.29 is 17.6 Å². The number of fused-ring (bicyclic) bond motifs is 1. The lowest BCUT2D eigenvalue weighted by atomic mass is 10.0. The van der Waals surface area contributed by atoms with Crippen molar-refractivity contribution >= 4 is 15.9 Å². The molecule has 8 heteroatoms. The quantitative estimate of drug-likeness (QED) is 0.704. The van der Waals surface area contributed by atoms with E-state index in [1.807, 2.05) is 4.90 Å². The molecule has 1 aromatic carbocycles. The lowest BCUT2D eigenvalue weighted by Gasteiger charge is -2.30. The molecule has 1 saturated carbocycles. The van der Waals surface area contributed by atoms with Gasteiger partial charge in [0.1, 0.15) is 10.7 Å². The van der Waals surface area contributed by atoms with E-state index in [1.165, 1.54) is 22.6 Å². The Bertz CT molecular complexity index is 1050. The summed E-state index contributed by atoms with van der Waals surface area (Å²) in [4.78, 5) is 18.7. The molecular formula is C22H26FN3O3S. The topological polar surface area (TPSA) is 70.6 Å². The predicted molar refractivity (Wildman–Crippen MR) is 110 cm³/mol. The van der Waals surface area contributed by atoms with Gasteiger partial charge in [-0.15, -0.1) is 0 Å². The number of hydrogen-bond acceptors (Lipinski definition) is 4. The standard InChI is InChI=1S/C22H26FN3O3S/c1-3-26(15(2)16-6-8-19(23)9-7-16)30(28,29)20-12-18-10-11-25(14-21(18)24-13-20)22(27)17-4-5-17/h6-9,12-13,15,17H,3-5,10-11,14H2,1-2H3. The van der Waals surface area contributed by atoms with Gasteiger partial charge in [0.25, 0.3) is 0 Å². The van der Waals surface area contributed by atoms with Crippen molar-refractivity contribution in [2.24, 2.45) is 5.92 Å². The molecule has 1 fully saturated rings. The van der Waals surface area contributed by atoms with E-state index in [0.717, 1.165) is 29.7 Å². The summed E-state index contributed by atoms with van der Waals surface area (Å²) in [7, 11) is -3.78. The minimum atomic E-state index is -3.78. The summed E-state index contributed by atoms with van der Waals surface area (Å²) < 4.78 is 41.3. The highest BCUT2D eigenvalue weighted by atomic mass is 32.2. The number of pyridine rings is 1. The summed E-state index contributed by atoms with van der Waals surface area (Å²) in [6, 6.07) is 7.13. The second-order valence-corrected chi connectivity index (χ2v) is 9.89. The summed E-state index contributed by atoms with van der Waals surface area (Å²) in [5.41, 5.74) is 2.37. The summed E-state index contributed by atoms with van der Waals surface area (Å²) in [5, 5.41) is 0. The van der Waals surface area contributed by atoms with Gasteiger partial charge in [-0.1, -0.05) is 19.1 Å². The molecule has 6 nitrogen and oxygen atoms in total. The fraction of sp³-hybridized carbons (Fsp3) is 0.455. The van der Waals surface area contributed by atoms with Gasteiger partial charge in [-0.3, -0.25) is 9.78 Å². The maximum Gasteiger partial charge on any atom is 0.245 e. The van der Waals surface area contributed by atoms with Crippen molar-refractivity contribution in [3.63, 3.8) is 0 Å². The fourth-order valence-electron chi connectivity index (χ4n) is 4.00. The molecule has 0 spiro atoms. The molecule has 160 valence electrons. The van der Waals surface area contributed by atoms with Crippen LogP contribution in [0.1, 0.15) is 49.6 Å². The molecule has 2 heterocycles. The Morgan fingerprint density at radius 2 is 2.00 bits per heavy atom. The lowest BCUT2D eigenvalue weighted by Crippen LogP contribution is -2.38. The molecule has 1 unspecified atom stereocenters. The van der Waals surface area contributed by atoms with E-state index in [2.05, 4.69) is 4.98 Å². The summed E-state index contributed by atoms with van der Waals surface area (Å²) in [5.74, 6) is -0.00774. The SMILES string of the molecule is CCN(C(C)c1ccc(F)cc1)S(=O)(=O)c1cnc2c(c1)CCN(C(=O)C1CC1)C2. The Morgan fingerprint density at radius 3 is 2.63 bits per heavy atom. The number of rotatable bonds is 6. The van der Waals surface area contributed by atoms with Crippen molar-refractivity contribution in [3.8, 4) is 0 Å². The molecule has 1 amide bonds. The Morgan fingerprint density at radius 1 is 1.30 bits per heavy atom. The molecule has 1 aliphatic carbocycles. The van der Waals surface area contributed by atoms with Gasteiger partial charge in [-0.25, -0.2) is 12.8 Å². The van der Waals surface area contributed by atoms with Gasteiger partial charge in [0.15, 0.2) is 0 Å². The Hall–Kier alpha value is -2.32. The first-order valence-electron chi connectivity index (χ1n) is 10.3. The molecule has 2 aromatic rings. The number of amides is 1. The first-order valence-corrected chi connectivity index (χ1v) is 11.8. The predicted octanol–water partition coefficient (Wildman–Crippen LogP) is 3.29. The fourth-order valence-corrected chi connectivity index (χ4v) is 5.63. The average molecular weight is 432 g/mol. The highest BCUT2D eigenvalue weighted by molar-refractivity contribution is 7.89. The van der Waals surface area contributed by atoms with E-state index in [9.17, 15) is 17.6 Å². The largest absolute Gasteiger partial charge is 0.336 e. The van der Waals surface area contributed by atoms with Crippen molar-refractivity contribution in [2.45, 2.75) is 50.6 Å². The third-order valence-electron chi connectivity index (χ3n) is 5.97. The molecule has 1 aliphatic heterocycles. The highest BCUT2D eigenvalue weighted by Gasteiger charge is 2.35. The van der Waals surface area contributed by atoms with Crippen LogP contribution in [0.25, 0.3) is 0 Å². The van der Waals surface area contributed by atoms with Crippen LogP contribution in [0.4, 0.5) is 4.39 Å². The molecule has 1 aromatic heterocycles. The van der Waals surface area contributed by atoms with Gasteiger partial charge >= 0.3 is 0 Å². The monoisotopic (exact) mass is 431 g/mol. The minimum absolute atomic E-state index is 0.152. The van der Waals surface area contributed by atoms with E-state index in [-0.39, 0.29) is 29.1 Å². The van der Waals surface area contributed by atoms with E-state index < -0.39 is 16.1 Å². The van der Waals surface area contributed by atoms with Crippen LogP contribution in [0.15, 0.2) is 41.4 Å². The van der Waals surface area contributed by atoms with Gasteiger partial charge < -0.3 is 4.90 Å². The second-order valence-electron chi connectivity index (χ2n) is 8.00. The van der Waals surface area contributed by atoms with Crippen molar-refractivity contribution in [3.05, 3.63) is 59.2 Å². The normalized spacial score (nSPS) is 17.7. The van der Waals surface area contributed by atoms with Gasteiger partial charge in [-0.2, -0.15) is 4.31 Å². The number of carbonyl (C=O) groups excluding carboxylic acids is 1. The van der Waals surface area contributed by atoms with E-state index in [0.29, 0.717) is 19.5 Å². The summed E-state index contributed by atoms with van der Waals surface area (Å²) in [6.07, 6.45) is 3.92. The van der Waals surface area contributed by atoms with Crippen LogP contribution in [-0.4, -0.2) is 41.6 Å². The van der Waals surface area contributed by atoms with Crippen molar-refractivity contribution in [1.29, 1.82) is 0 Å². The third kappa shape index (κ3) is 3.98. The van der Waals surface area contributed by atoms with Gasteiger partial charge in [0.2, 0.25) is 15.9 Å². The van der Waals surface area contributed by atoms with E-state index in [1.54, 1.807) is 32.0 Å². The lowest BCUT2D eigenvalue weighted by molar-refractivity contribution is -0.133. The maximum absolute atomic E-state index is 13.3. The summed E-state index contributed by atoms with van der Waals surface area (Å²) in [6.45, 7) is 4.89. The zero-order valence-corrected chi connectivity index (χ0v) is 18.0. The maximum atomic E-state index is 13.3. The van der Waals surface area contributed by atoms with Gasteiger partial charge in [-0.05, 0) is 55.5 Å². The number of hydrogen-bond donors (Lipinski definition) is 0. The number of nitrogens with zero attached hydrogens (tertiary/aromatic N) is 3. The molecule has 4 rings (SSSR count). The molecule has 2 aliphatic rings. The Balaban J connectivity index is 1.57. The number of benzene rings is 1. The van der Waals surface area contributed by atoms with Crippen molar-refractivity contribution in [2.75, 3.05) is 13.1 Å². The van der Waals surface area contributed by atoms with E-state index >= 15 is 0 Å². The first-order chi connectivity index (χ1) is 14.3. The van der Waals surface area contributed by atoms with Crippen LogP contribution in [-0.2, 0) is 27.8 Å². The van der Waals surface area contributed by atoms with Crippen LogP contribution < -0.4 is 0 Å². The molecule has 0 N–H and O–H groups in total. The number of carbonyl (C=O) groups is 1. The third-order valence-corrected chi connectivity index (χ3v) is 7.98. The van der Waals surface area contributed by atoms with Gasteiger partial charge in [0.05, 0.1) is 12.2 Å². The Labute approximate surface area is 176 Å². The zero-order chi connectivity index (χ0) is 21.5. The average Bonchev–Trinajstić information content (AvgIpc) is 3.58. The molecule has 0 saturated heterocycles. The first kappa shape index (κ1) is 20.9. The molecule has 0 radical (unpaired) electrons. The minimum Gasteiger partial charge on any atom is -0.336 e. The van der Waals surface area contributed by atoms with Crippen LogP contribution in [0, 0.1) is 11.7 Å².